The summed E-state index contributed by atoms with van der Waals surface area (Å²) in [5, 5.41) is 13.9. The van der Waals surface area contributed by atoms with Crippen molar-refractivity contribution in [2.24, 2.45) is 0 Å². The van der Waals surface area contributed by atoms with Gasteiger partial charge in [-0.25, -0.2) is 0 Å². The summed E-state index contributed by atoms with van der Waals surface area (Å²) in [6, 6.07) is 13.3. The molecule has 0 radical (unpaired) electrons. The van der Waals surface area contributed by atoms with E-state index in [0.29, 0.717) is 36.2 Å². The number of aliphatic hydroxyl groups excluding tert-OH is 1. The summed E-state index contributed by atoms with van der Waals surface area (Å²) in [6.45, 7) is 3.46. The van der Waals surface area contributed by atoms with E-state index in [1.165, 1.54) is 0 Å². The standard InChI is InChI=1S/C18H22ClNO3/c1-3-23-18-15(19)9-13(10-17(18)22-2)11-20-12-16(21)14-7-5-4-6-8-14/h4-10,16,20-21H,3,11-12H2,1-2H3/t16-/m0/s1. The molecule has 124 valence electrons. The van der Waals surface area contributed by atoms with Crippen molar-refractivity contribution in [3.63, 3.8) is 0 Å². The molecule has 23 heavy (non-hydrogen) atoms. The minimum absolute atomic E-state index is 0.456. The fourth-order valence-corrected chi connectivity index (χ4v) is 2.59. The third-order valence-corrected chi connectivity index (χ3v) is 3.71. The van der Waals surface area contributed by atoms with Gasteiger partial charge in [0.2, 0.25) is 0 Å². The smallest absolute Gasteiger partial charge is 0.179 e. The summed E-state index contributed by atoms with van der Waals surface area (Å²) in [4.78, 5) is 0. The van der Waals surface area contributed by atoms with Gasteiger partial charge in [0.25, 0.3) is 0 Å². The maximum atomic E-state index is 10.1. The highest BCUT2D eigenvalue weighted by atomic mass is 35.5. The van der Waals surface area contributed by atoms with Gasteiger partial charge in [-0.3, -0.25) is 0 Å². The molecule has 0 amide bonds. The van der Waals surface area contributed by atoms with Crippen LogP contribution in [-0.2, 0) is 6.54 Å². The summed E-state index contributed by atoms with van der Waals surface area (Å²) in [7, 11) is 1.59. The molecule has 0 saturated heterocycles. The van der Waals surface area contributed by atoms with Crippen molar-refractivity contribution >= 4 is 11.6 Å². The summed E-state index contributed by atoms with van der Waals surface area (Å²) in [5.74, 6) is 1.17. The third kappa shape index (κ3) is 4.86. The first kappa shape index (κ1) is 17.6. The number of methoxy groups -OCH3 is 1. The van der Waals surface area contributed by atoms with E-state index < -0.39 is 6.10 Å². The van der Waals surface area contributed by atoms with Crippen molar-refractivity contribution in [3.8, 4) is 11.5 Å². The zero-order valence-corrected chi connectivity index (χ0v) is 14.1. The molecule has 2 aromatic rings. The number of hydrogen-bond acceptors (Lipinski definition) is 4. The summed E-state index contributed by atoms with van der Waals surface area (Å²) in [5.41, 5.74) is 1.86. The highest BCUT2D eigenvalue weighted by Crippen LogP contribution is 2.36. The van der Waals surface area contributed by atoms with Crippen LogP contribution >= 0.6 is 11.6 Å². The van der Waals surface area contributed by atoms with Gasteiger partial charge < -0.3 is 19.9 Å². The van der Waals surface area contributed by atoms with E-state index in [1.54, 1.807) is 7.11 Å². The molecule has 0 fully saturated rings. The Kier molecular flexibility index (Phi) is 6.71. The first-order valence-electron chi connectivity index (χ1n) is 7.58. The van der Waals surface area contributed by atoms with E-state index in [2.05, 4.69) is 5.32 Å². The van der Waals surface area contributed by atoms with Crippen LogP contribution in [0.1, 0.15) is 24.2 Å². The molecule has 5 heteroatoms. The number of ether oxygens (including phenoxy) is 2. The minimum Gasteiger partial charge on any atom is -0.493 e. The van der Waals surface area contributed by atoms with Gasteiger partial charge in [-0.15, -0.1) is 0 Å². The van der Waals surface area contributed by atoms with Crippen LogP contribution in [0.15, 0.2) is 42.5 Å². The largest absolute Gasteiger partial charge is 0.493 e. The molecule has 0 aliphatic carbocycles. The van der Waals surface area contributed by atoms with E-state index in [1.807, 2.05) is 49.4 Å². The van der Waals surface area contributed by atoms with Gasteiger partial charge in [-0.1, -0.05) is 41.9 Å². The van der Waals surface area contributed by atoms with Crippen molar-refractivity contribution in [2.45, 2.75) is 19.6 Å². The van der Waals surface area contributed by atoms with Gasteiger partial charge in [-0.05, 0) is 30.2 Å². The average Bonchev–Trinajstić information content (AvgIpc) is 2.57. The van der Waals surface area contributed by atoms with E-state index in [4.69, 9.17) is 21.1 Å². The number of benzene rings is 2. The van der Waals surface area contributed by atoms with Crippen LogP contribution < -0.4 is 14.8 Å². The van der Waals surface area contributed by atoms with Crippen LogP contribution in [0, 0.1) is 0 Å². The molecular formula is C18H22ClNO3. The van der Waals surface area contributed by atoms with Crippen LogP contribution in [0.4, 0.5) is 0 Å². The number of rotatable bonds is 8. The molecule has 0 bridgehead atoms. The topological polar surface area (TPSA) is 50.7 Å². The number of halogens is 1. The van der Waals surface area contributed by atoms with Crippen molar-refractivity contribution < 1.29 is 14.6 Å². The Morgan fingerprint density at radius 1 is 1.22 bits per heavy atom. The molecule has 2 rings (SSSR count). The lowest BCUT2D eigenvalue weighted by Gasteiger charge is -2.15. The summed E-state index contributed by atoms with van der Waals surface area (Å²) in [6.07, 6.45) is -0.545. The lowest BCUT2D eigenvalue weighted by molar-refractivity contribution is 0.174. The Balaban J connectivity index is 1.97. The zero-order chi connectivity index (χ0) is 16.7. The molecule has 0 spiro atoms. The summed E-state index contributed by atoms with van der Waals surface area (Å²) < 4.78 is 10.8. The molecule has 1 atom stereocenters. The highest BCUT2D eigenvalue weighted by Gasteiger charge is 2.12. The van der Waals surface area contributed by atoms with E-state index in [0.717, 1.165) is 11.1 Å². The predicted octanol–water partition coefficient (Wildman–Crippen LogP) is 3.57. The molecule has 0 unspecified atom stereocenters. The van der Waals surface area contributed by atoms with Crippen LogP contribution in [0.2, 0.25) is 5.02 Å². The van der Waals surface area contributed by atoms with Gasteiger partial charge in [-0.2, -0.15) is 0 Å². The first-order valence-corrected chi connectivity index (χ1v) is 7.96. The van der Waals surface area contributed by atoms with Gasteiger partial charge in [0, 0.05) is 13.1 Å². The monoisotopic (exact) mass is 335 g/mol. The lowest BCUT2D eigenvalue weighted by atomic mass is 10.1. The molecule has 0 aliphatic rings. The average molecular weight is 336 g/mol. The Morgan fingerprint density at radius 3 is 2.61 bits per heavy atom. The quantitative estimate of drug-likeness (QED) is 0.774. The molecule has 4 nitrogen and oxygen atoms in total. The number of hydrogen-bond donors (Lipinski definition) is 2. The number of aliphatic hydroxyl groups is 1. The third-order valence-electron chi connectivity index (χ3n) is 3.43. The van der Waals surface area contributed by atoms with Crippen LogP contribution in [0.3, 0.4) is 0 Å². The van der Waals surface area contributed by atoms with Crippen LogP contribution in [-0.4, -0.2) is 25.4 Å². The van der Waals surface area contributed by atoms with Gasteiger partial charge in [0.05, 0.1) is 24.8 Å². The SMILES string of the molecule is CCOc1c(Cl)cc(CNC[C@H](O)c2ccccc2)cc1OC. The van der Waals surface area contributed by atoms with E-state index in [-0.39, 0.29) is 0 Å². The Morgan fingerprint density at radius 2 is 1.96 bits per heavy atom. The highest BCUT2D eigenvalue weighted by molar-refractivity contribution is 6.32. The van der Waals surface area contributed by atoms with E-state index >= 15 is 0 Å². The first-order chi connectivity index (χ1) is 11.2. The van der Waals surface area contributed by atoms with Gasteiger partial charge in [0.1, 0.15) is 0 Å². The summed E-state index contributed by atoms with van der Waals surface area (Å²) >= 11 is 6.25. The van der Waals surface area contributed by atoms with E-state index in [9.17, 15) is 5.11 Å². The second-order valence-electron chi connectivity index (χ2n) is 5.10. The molecule has 0 aromatic heterocycles. The molecule has 0 heterocycles. The number of nitrogens with one attached hydrogen (secondary N) is 1. The van der Waals surface area contributed by atoms with Crippen LogP contribution in [0.5, 0.6) is 11.5 Å². The molecular weight excluding hydrogens is 314 g/mol. The minimum atomic E-state index is -0.545. The second-order valence-corrected chi connectivity index (χ2v) is 5.51. The van der Waals surface area contributed by atoms with Crippen molar-refractivity contribution in [2.75, 3.05) is 20.3 Å². The van der Waals surface area contributed by atoms with Gasteiger partial charge >= 0.3 is 0 Å². The van der Waals surface area contributed by atoms with Crippen molar-refractivity contribution in [3.05, 3.63) is 58.6 Å². The molecule has 2 aromatic carbocycles. The van der Waals surface area contributed by atoms with Gasteiger partial charge in [0.15, 0.2) is 11.5 Å². The maximum Gasteiger partial charge on any atom is 0.179 e. The molecule has 2 N–H and O–H groups in total. The maximum absolute atomic E-state index is 10.1. The fraction of sp³-hybridized carbons (Fsp3) is 0.333. The Hall–Kier alpha value is -1.75. The lowest BCUT2D eigenvalue weighted by Crippen LogP contribution is -2.21. The Labute approximate surface area is 142 Å². The van der Waals surface area contributed by atoms with Crippen LogP contribution in [0.25, 0.3) is 0 Å². The molecule has 0 aliphatic heterocycles. The Bertz CT molecular complexity index is 619. The normalized spacial score (nSPS) is 12.0. The zero-order valence-electron chi connectivity index (χ0n) is 13.4. The fourth-order valence-electron chi connectivity index (χ4n) is 2.31. The molecule has 0 saturated carbocycles. The van der Waals surface area contributed by atoms with Crippen molar-refractivity contribution in [1.29, 1.82) is 0 Å². The second kappa shape index (κ2) is 8.77. The van der Waals surface area contributed by atoms with Crippen molar-refractivity contribution in [1.82, 2.24) is 5.32 Å². The predicted molar refractivity (Wildman–Crippen MR) is 92.3 cm³/mol.